The van der Waals surface area contributed by atoms with Crippen molar-refractivity contribution in [1.29, 1.82) is 0 Å². The normalized spacial score (nSPS) is 11.4. The van der Waals surface area contributed by atoms with Crippen molar-refractivity contribution in [3.63, 3.8) is 0 Å². The summed E-state index contributed by atoms with van der Waals surface area (Å²) in [4.78, 5) is 11.6. The fourth-order valence-electron chi connectivity index (χ4n) is 1.55. The molecule has 4 heteroatoms. The lowest BCUT2D eigenvalue weighted by molar-refractivity contribution is 0.0600. The molecular formula is C13H16O4. The number of carbonyl (C=O) groups is 1. The molecule has 0 aliphatic rings. The maximum absolute atomic E-state index is 11.6. The van der Waals surface area contributed by atoms with Crippen LogP contribution in [0.3, 0.4) is 0 Å². The molecule has 0 saturated carbocycles. The lowest BCUT2D eigenvalue weighted by Gasteiger charge is -2.11. The van der Waals surface area contributed by atoms with E-state index in [9.17, 15) is 9.90 Å². The average molecular weight is 236 g/mol. The average Bonchev–Trinajstić information content (AvgIpc) is 2.31. The van der Waals surface area contributed by atoms with Gasteiger partial charge in [-0.1, -0.05) is 6.08 Å². The number of aromatic hydroxyl groups is 1. The Morgan fingerprint density at radius 2 is 2.06 bits per heavy atom. The number of phenols is 1. The van der Waals surface area contributed by atoms with Gasteiger partial charge in [0.25, 0.3) is 0 Å². The van der Waals surface area contributed by atoms with Crippen molar-refractivity contribution in [2.45, 2.75) is 13.8 Å². The monoisotopic (exact) mass is 236 g/mol. The zero-order chi connectivity index (χ0) is 13.0. The van der Waals surface area contributed by atoms with Gasteiger partial charge in [-0.3, -0.25) is 0 Å². The molecule has 0 radical (unpaired) electrons. The van der Waals surface area contributed by atoms with Crippen LogP contribution in [0.1, 0.15) is 28.4 Å². The summed E-state index contributed by atoms with van der Waals surface area (Å²) < 4.78 is 4.66. The number of rotatable bonds is 3. The Balaban J connectivity index is 3.40. The van der Waals surface area contributed by atoms with Gasteiger partial charge in [-0.05, 0) is 42.7 Å². The Labute approximate surface area is 100 Å². The maximum atomic E-state index is 11.6. The molecule has 1 aromatic carbocycles. The first-order valence-corrected chi connectivity index (χ1v) is 5.21. The van der Waals surface area contributed by atoms with Gasteiger partial charge in [0.1, 0.15) is 5.75 Å². The summed E-state index contributed by atoms with van der Waals surface area (Å²) in [6.07, 6.45) is 1.60. The third-order valence-electron chi connectivity index (χ3n) is 2.56. The van der Waals surface area contributed by atoms with Crippen LogP contribution in [-0.4, -0.2) is 29.9 Å². The third-order valence-corrected chi connectivity index (χ3v) is 2.56. The topological polar surface area (TPSA) is 66.8 Å². The molecule has 0 saturated heterocycles. The SMILES string of the molecule is COC(=O)c1cc(O)c(C)cc1/C(C)=C/CO. The molecule has 0 heterocycles. The van der Waals surface area contributed by atoms with E-state index in [1.54, 1.807) is 26.0 Å². The minimum atomic E-state index is -0.513. The molecule has 0 atom stereocenters. The number of hydrogen-bond acceptors (Lipinski definition) is 4. The van der Waals surface area contributed by atoms with E-state index in [0.29, 0.717) is 11.1 Å². The number of aryl methyl sites for hydroxylation is 1. The zero-order valence-electron chi connectivity index (χ0n) is 10.2. The van der Waals surface area contributed by atoms with Gasteiger partial charge in [0.15, 0.2) is 0 Å². The molecule has 0 spiro atoms. The van der Waals surface area contributed by atoms with E-state index in [2.05, 4.69) is 4.74 Å². The van der Waals surface area contributed by atoms with Gasteiger partial charge >= 0.3 is 5.97 Å². The first kappa shape index (κ1) is 13.3. The van der Waals surface area contributed by atoms with E-state index in [-0.39, 0.29) is 17.9 Å². The lowest BCUT2D eigenvalue weighted by atomic mass is 9.97. The Bertz CT molecular complexity index is 461. The molecule has 0 amide bonds. The Morgan fingerprint density at radius 1 is 1.41 bits per heavy atom. The molecule has 17 heavy (non-hydrogen) atoms. The van der Waals surface area contributed by atoms with Crippen molar-refractivity contribution in [3.8, 4) is 5.75 Å². The van der Waals surface area contributed by atoms with E-state index in [0.717, 1.165) is 5.57 Å². The number of carbonyl (C=O) groups excluding carboxylic acids is 1. The van der Waals surface area contributed by atoms with Crippen molar-refractivity contribution in [2.75, 3.05) is 13.7 Å². The maximum Gasteiger partial charge on any atom is 0.338 e. The largest absolute Gasteiger partial charge is 0.508 e. The van der Waals surface area contributed by atoms with Gasteiger partial charge in [0, 0.05) is 0 Å². The smallest absolute Gasteiger partial charge is 0.338 e. The highest BCUT2D eigenvalue weighted by atomic mass is 16.5. The highest BCUT2D eigenvalue weighted by molar-refractivity contribution is 5.96. The van der Waals surface area contributed by atoms with Crippen molar-refractivity contribution in [1.82, 2.24) is 0 Å². The molecule has 0 aliphatic carbocycles. The summed E-state index contributed by atoms with van der Waals surface area (Å²) in [6.45, 7) is 3.42. The molecule has 92 valence electrons. The molecule has 2 N–H and O–H groups in total. The predicted molar refractivity (Wildman–Crippen MR) is 64.9 cm³/mol. The fraction of sp³-hybridized carbons (Fsp3) is 0.308. The van der Waals surface area contributed by atoms with Crippen LogP contribution in [0.2, 0.25) is 0 Å². The fourth-order valence-corrected chi connectivity index (χ4v) is 1.55. The van der Waals surface area contributed by atoms with Crippen LogP contribution in [0.15, 0.2) is 18.2 Å². The van der Waals surface area contributed by atoms with Crippen molar-refractivity contribution in [3.05, 3.63) is 34.9 Å². The molecule has 0 fully saturated rings. The number of aliphatic hydroxyl groups excluding tert-OH is 1. The number of methoxy groups -OCH3 is 1. The van der Waals surface area contributed by atoms with E-state index in [1.165, 1.54) is 13.2 Å². The summed E-state index contributed by atoms with van der Waals surface area (Å²) in [5.74, 6) is -0.466. The Morgan fingerprint density at radius 3 is 2.59 bits per heavy atom. The first-order valence-electron chi connectivity index (χ1n) is 5.21. The van der Waals surface area contributed by atoms with Gasteiger partial charge < -0.3 is 14.9 Å². The number of benzene rings is 1. The van der Waals surface area contributed by atoms with Gasteiger partial charge in [0.2, 0.25) is 0 Å². The highest BCUT2D eigenvalue weighted by Crippen LogP contribution is 2.27. The van der Waals surface area contributed by atoms with E-state index in [4.69, 9.17) is 5.11 Å². The predicted octanol–water partition coefficient (Wildman–Crippen LogP) is 1.88. The van der Waals surface area contributed by atoms with Gasteiger partial charge in [0.05, 0.1) is 19.3 Å². The van der Waals surface area contributed by atoms with Gasteiger partial charge in [-0.2, -0.15) is 0 Å². The molecule has 1 aromatic rings. The molecule has 0 aliphatic heterocycles. The number of ether oxygens (including phenoxy) is 1. The quantitative estimate of drug-likeness (QED) is 0.786. The number of esters is 1. The molecule has 0 aromatic heterocycles. The Hall–Kier alpha value is -1.81. The number of hydrogen-bond donors (Lipinski definition) is 2. The molecule has 0 unspecified atom stereocenters. The molecule has 4 nitrogen and oxygen atoms in total. The first-order chi connectivity index (χ1) is 8.01. The van der Waals surface area contributed by atoms with Crippen LogP contribution >= 0.6 is 0 Å². The van der Waals surface area contributed by atoms with Crippen LogP contribution in [0.4, 0.5) is 0 Å². The Kier molecular flexibility index (Phi) is 4.29. The second kappa shape index (κ2) is 5.50. The van der Waals surface area contributed by atoms with Gasteiger partial charge in [-0.15, -0.1) is 0 Å². The van der Waals surface area contributed by atoms with Crippen molar-refractivity contribution < 1.29 is 19.7 Å². The third kappa shape index (κ3) is 2.85. The number of allylic oxidation sites excluding steroid dienone is 1. The van der Waals surface area contributed by atoms with Crippen LogP contribution in [-0.2, 0) is 4.74 Å². The number of phenolic OH excluding ortho intramolecular Hbond substituents is 1. The lowest BCUT2D eigenvalue weighted by Crippen LogP contribution is -2.05. The van der Waals surface area contributed by atoms with E-state index >= 15 is 0 Å². The standard InChI is InChI=1S/C13H16O4/c1-8(4-5-14)10-6-9(2)12(15)7-11(10)13(16)17-3/h4,6-7,14-15H,5H2,1-3H3/b8-4+. The summed E-state index contributed by atoms with van der Waals surface area (Å²) in [5, 5.41) is 18.5. The van der Waals surface area contributed by atoms with E-state index < -0.39 is 5.97 Å². The second-order valence-corrected chi connectivity index (χ2v) is 3.75. The minimum Gasteiger partial charge on any atom is -0.508 e. The van der Waals surface area contributed by atoms with Crippen LogP contribution in [0.5, 0.6) is 5.75 Å². The molecule has 1 rings (SSSR count). The summed E-state index contributed by atoms with van der Waals surface area (Å²) >= 11 is 0. The summed E-state index contributed by atoms with van der Waals surface area (Å²) in [7, 11) is 1.29. The highest BCUT2D eigenvalue weighted by Gasteiger charge is 2.15. The van der Waals surface area contributed by atoms with Crippen molar-refractivity contribution in [2.24, 2.45) is 0 Å². The second-order valence-electron chi connectivity index (χ2n) is 3.75. The van der Waals surface area contributed by atoms with E-state index in [1.807, 2.05) is 0 Å². The van der Waals surface area contributed by atoms with Crippen molar-refractivity contribution >= 4 is 11.5 Å². The van der Waals surface area contributed by atoms with Crippen LogP contribution in [0, 0.1) is 6.92 Å². The molecular weight excluding hydrogens is 220 g/mol. The molecule has 0 bridgehead atoms. The summed E-state index contributed by atoms with van der Waals surface area (Å²) in [5.41, 5.74) is 2.37. The minimum absolute atomic E-state index is 0.0472. The van der Waals surface area contributed by atoms with Gasteiger partial charge in [-0.25, -0.2) is 4.79 Å². The number of aliphatic hydroxyl groups is 1. The van der Waals surface area contributed by atoms with Crippen LogP contribution < -0.4 is 0 Å². The zero-order valence-corrected chi connectivity index (χ0v) is 10.2. The summed E-state index contributed by atoms with van der Waals surface area (Å²) in [6, 6.07) is 3.08. The van der Waals surface area contributed by atoms with Crippen LogP contribution in [0.25, 0.3) is 5.57 Å².